The fourth-order valence-electron chi connectivity index (χ4n) is 1.43. The van der Waals surface area contributed by atoms with Crippen LogP contribution in [0.25, 0.3) is 0 Å². The molecule has 0 fully saturated rings. The molecule has 0 aliphatic carbocycles. The van der Waals surface area contributed by atoms with E-state index in [1.165, 1.54) is 33.5 Å². The van der Waals surface area contributed by atoms with Crippen LogP contribution in [-0.2, 0) is 4.79 Å². The van der Waals surface area contributed by atoms with Crippen molar-refractivity contribution in [2.24, 2.45) is 0 Å². The van der Waals surface area contributed by atoms with Crippen molar-refractivity contribution in [3.63, 3.8) is 0 Å². The fourth-order valence-corrected chi connectivity index (χ4v) is 1.69. The number of Topliss-reactive ketones (excluding diaryl/α,β-unsaturated/α-hetero) is 2. The van der Waals surface area contributed by atoms with Crippen molar-refractivity contribution in [1.29, 1.82) is 0 Å². The van der Waals surface area contributed by atoms with Gasteiger partial charge in [-0.25, -0.2) is 0 Å². The Kier molecular flexibility index (Phi) is 5.15. The largest absolute Gasteiger partial charge is 0.493 e. The molecule has 0 N–H and O–H groups in total. The maximum Gasteiger partial charge on any atom is 0.229 e. The quantitative estimate of drug-likeness (QED) is 0.455. The van der Waals surface area contributed by atoms with Crippen molar-refractivity contribution in [2.45, 2.75) is 0 Å². The third-order valence-corrected chi connectivity index (χ3v) is 2.81. The Labute approximate surface area is 113 Å². The van der Waals surface area contributed by atoms with E-state index in [2.05, 4.69) is 15.9 Å². The van der Waals surface area contributed by atoms with Crippen LogP contribution in [-0.4, -0.2) is 38.2 Å². The second-order valence-electron chi connectivity index (χ2n) is 3.30. The van der Waals surface area contributed by atoms with Crippen LogP contribution < -0.4 is 14.2 Å². The highest BCUT2D eigenvalue weighted by Gasteiger charge is 2.20. The lowest BCUT2D eigenvalue weighted by Crippen LogP contribution is -2.15. The summed E-state index contributed by atoms with van der Waals surface area (Å²) in [5.74, 6) is -0.0941. The van der Waals surface area contributed by atoms with E-state index >= 15 is 0 Å². The molecule has 0 atom stereocenters. The normalized spacial score (nSPS) is 9.78. The highest BCUT2D eigenvalue weighted by atomic mass is 79.9. The van der Waals surface area contributed by atoms with Crippen molar-refractivity contribution in [3.8, 4) is 17.2 Å². The van der Waals surface area contributed by atoms with Crippen LogP contribution in [0.1, 0.15) is 10.4 Å². The van der Waals surface area contributed by atoms with Gasteiger partial charge in [0, 0.05) is 5.56 Å². The Morgan fingerprint density at radius 1 is 1.06 bits per heavy atom. The monoisotopic (exact) mass is 316 g/mol. The first kappa shape index (κ1) is 14.5. The van der Waals surface area contributed by atoms with E-state index in [1.807, 2.05) is 0 Å². The second kappa shape index (κ2) is 6.39. The zero-order valence-corrected chi connectivity index (χ0v) is 11.9. The van der Waals surface area contributed by atoms with Gasteiger partial charge in [0.25, 0.3) is 0 Å². The first-order valence-electron chi connectivity index (χ1n) is 5.02. The molecule has 1 rings (SSSR count). The predicted molar refractivity (Wildman–Crippen MR) is 69.2 cm³/mol. The summed E-state index contributed by atoms with van der Waals surface area (Å²) in [4.78, 5) is 23.1. The highest BCUT2D eigenvalue weighted by Crippen LogP contribution is 2.38. The number of hydrogen-bond acceptors (Lipinski definition) is 5. The summed E-state index contributed by atoms with van der Waals surface area (Å²) in [6.07, 6.45) is 0. The molecule has 0 aliphatic heterocycles. The lowest BCUT2D eigenvalue weighted by Gasteiger charge is -2.13. The van der Waals surface area contributed by atoms with Crippen molar-refractivity contribution in [1.82, 2.24) is 0 Å². The molecule has 0 saturated carbocycles. The summed E-state index contributed by atoms with van der Waals surface area (Å²) >= 11 is 2.95. The van der Waals surface area contributed by atoms with E-state index in [1.54, 1.807) is 0 Å². The molecule has 0 aliphatic rings. The summed E-state index contributed by atoms with van der Waals surface area (Å²) in [5.41, 5.74) is 0.203. The Hall–Kier alpha value is -1.56. The first-order valence-corrected chi connectivity index (χ1v) is 6.14. The first-order chi connectivity index (χ1) is 8.58. The molecule has 5 nitrogen and oxygen atoms in total. The van der Waals surface area contributed by atoms with Crippen LogP contribution in [0.15, 0.2) is 12.1 Å². The second-order valence-corrected chi connectivity index (χ2v) is 3.86. The average molecular weight is 317 g/mol. The molecule has 0 amide bonds. The van der Waals surface area contributed by atoms with Gasteiger partial charge in [-0.1, -0.05) is 15.9 Å². The zero-order valence-electron chi connectivity index (χ0n) is 10.3. The van der Waals surface area contributed by atoms with Gasteiger partial charge in [-0.15, -0.1) is 0 Å². The number of hydrogen-bond donors (Lipinski definition) is 0. The maximum atomic E-state index is 11.8. The number of carbonyl (C=O) groups excluding carboxylic acids is 2. The van der Waals surface area contributed by atoms with Gasteiger partial charge in [-0.2, -0.15) is 0 Å². The minimum Gasteiger partial charge on any atom is -0.493 e. The van der Waals surface area contributed by atoms with E-state index < -0.39 is 11.6 Å². The molecule has 18 heavy (non-hydrogen) atoms. The number of halogens is 1. The van der Waals surface area contributed by atoms with E-state index in [-0.39, 0.29) is 10.9 Å². The lowest BCUT2D eigenvalue weighted by molar-refractivity contribution is -0.112. The molecule has 0 heterocycles. The van der Waals surface area contributed by atoms with E-state index in [4.69, 9.17) is 14.2 Å². The van der Waals surface area contributed by atoms with Crippen LogP contribution in [0.2, 0.25) is 0 Å². The van der Waals surface area contributed by atoms with Crippen LogP contribution in [0.3, 0.4) is 0 Å². The van der Waals surface area contributed by atoms with Crippen molar-refractivity contribution in [2.75, 3.05) is 26.7 Å². The highest BCUT2D eigenvalue weighted by molar-refractivity contribution is 9.09. The zero-order chi connectivity index (χ0) is 13.7. The summed E-state index contributed by atoms with van der Waals surface area (Å²) in [6, 6.07) is 2.90. The number of rotatable bonds is 6. The van der Waals surface area contributed by atoms with Gasteiger partial charge in [0.05, 0.1) is 26.7 Å². The lowest BCUT2D eigenvalue weighted by atomic mass is 10.1. The Balaban J connectivity index is 3.31. The molecular formula is C12H13BrO5. The number of methoxy groups -OCH3 is 3. The SMILES string of the molecule is COc1cc(C(=O)C(=O)CBr)cc(OC)c1OC. The Morgan fingerprint density at radius 3 is 1.89 bits per heavy atom. The number of ketones is 2. The summed E-state index contributed by atoms with van der Waals surface area (Å²) in [7, 11) is 4.35. The molecule has 98 valence electrons. The summed E-state index contributed by atoms with van der Waals surface area (Å²) in [5, 5.41) is -0.0253. The van der Waals surface area contributed by atoms with Gasteiger partial charge < -0.3 is 14.2 Å². The topological polar surface area (TPSA) is 61.8 Å². The van der Waals surface area contributed by atoms with Crippen molar-refractivity contribution >= 4 is 27.5 Å². The van der Waals surface area contributed by atoms with Gasteiger partial charge in [-0.3, -0.25) is 9.59 Å². The minimum absolute atomic E-state index is 0.0253. The van der Waals surface area contributed by atoms with Gasteiger partial charge in [0.2, 0.25) is 17.3 Å². The van der Waals surface area contributed by atoms with Crippen LogP contribution in [0, 0.1) is 0 Å². The third-order valence-electron chi connectivity index (χ3n) is 2.30. The molecule has 6 heteroatoms. The number of alkyl halides is 1. The maximum absolute atomic E-state index is 11.8. The van der Waals surface area contributed by atoms with Crippen molar-refractivity contribution in [3.05, 3.63) is 17.7 Å². The Bertz CT molecular complexity index is 445. The van der Waals surface area contributed by atoms with E-state index in [0.717, 1.165) is 0 Å². The predicted octanol–water partition coefficient (Wildman–Crippen LogP) is 1.86. The molecule has 0 radical (unpaired) electrons. The molecule has 0 saturated heterocycles. The third kappa shape index (κ3) is 2.81. The smallest absolute Gasteiger partial charge is 0.229 e. The standard InChI is InChI=1S/C12H13BrO5/c1-16-9-4-7(11(15)8(14)6-13)5-10(17-2)12(9)18-3/h4-5H,6H2,1-3H3. The van der Waals surface area contributed by atoms with Gasteiger partial charge in [-0.05, 0) is 12.1 Å². The fraction of sp³-hybridized carbons (Fsp3) is 0.333. The summed E-state index contributed by atoms with van der Waals surface area (Å²) < 4.78 is 15.3. The molecule has 1 aromatic carbocycles. The van der Waals surface area contributed by atoms with Gasteiger partial charge >= 0.3 is 0 Å². The van der Waals surface area contributed by atoms with Gasteiger partial charge in [0.15, 0.2) is 11.5 Å². The van der Waals surface area contributed by atoms with Crippen LogP contribution in [0.5, 0.6) is 17.2 Å². The number of ether oxygens (including phenoxy) is 3. The van der Waals surface area contributed by atoms with Gasteiger partial charge in [0.1, 0.15) is 0 Å². The average Bonchev–Trinajstić information content (AvgIpc) is 2.43. The molecular weight excluding hydrogens is 304 g/mol. The molecule has 0 aromatic heterocycles. The Morgan fingerprint density at radius 2 is 1.56 bits per heavy atom. The molecule has 0 bridgehead atoms. The van der Waals surface area contributed by atoms with Crippen LogP contribution >= 0.6 is 15.9 Å². The van der Waals surface area contributed by atoms with E-state index in [9.17, 15) is 9.59 Å². The summed E-state index contributed by atoms with van der Waals surface area (Å²) in [6.45, 7) is 0. The number of carbonyl (C=O) groups is 2. The van der Waals surface area contributed by atoms with E-state index in [0.29, 0.717) is 17.2 Å². The van der Waals surface area contributed by atoms with Crippen LogP contribution in [0.4, 0.5) is 0 Å². The molecule has 0 spiro atoms. The minimum atomic E-state index is -0.605. The molecule has 0 unspecified atom stereocenters. The molecule has 1 aromatic rings. The number of benzene rings is 1. The van der Waals surface area contributed by atoms with Crippen molar-refractivity contribution < 1.29 is 23.8 Å².